The van der Waals surface area contributed by atoms with E-state index in [1.807, 2.05) is 32.9 Å². The van der Waals surface area contributed by atoms with Gasteiger partial charge in [0, 0.05) is 32.0 Å². The minimum absolute atomic E-state index is 0.0448. The second-order valence-corrected chi connectivity index (χ2v) is 6.67. The van der Waals surface area contributed by atoms with E-state index in [2.05, 4.69) is 16.3 Å². The Labute approximate surface area is 145 Å². The molecule has 1 aliphatic rings. The molecule has 1 aliphatic heterocycles. The van der Waals surface area contributed by atoms with Crippen molar-refractivity contribution in [2.75, 3.05) is 31.6 Å². The molecule has 1 aromatic carbocycles. The Morgan fingerprint density at radius 1 is 1.38 bits per heavy atom. The number of amides is 1. The third-order valence-corrected chi connectivity index (χ3v) is 4.71. The summed E-state index contributed by atoms with van der Waals surface area (Å²) in [7, 11) is 0. The minimum Gasteiger partial charge on any atom is -0.396 e. The fraction of sp³-hybridized carbons (Fsp3) is 0.632. The summed E-state index contributed by atoms with van der Waals surface area (Å²) in [6, 6.07) is 5.95. The summed E-state index contributed by atoms with van der Waals surface area (Å²) in [5, 5.41) is 11.9. The summed E-state index contributed by atoms with van der Waals surface area (Å²) in [4.78, 5) is 14.8. The number of hydrogen-bond acceptors (Lipinski definition) is 4. The lowest BCUT2D eigenvalue weighted by Crippen LogP contribution is -2.47. The Hall–Kier alpha value is -1.43. The van der Waals surface area contributed by atoms with Crippen LogP contribution in [0.15, 0.2) is 18.2 Å². The molecule has 5 nitrogen and oxygen atoms in total. The smallest absolute Gasteiger partial charge is 0.241 e. The van der Waals surface area contributed by atoms with Crippen LogP contribution in [0, 0.1) is 13.8 Å². The summed E-state index contributed by atoms with van der Waals surface area (Å²) in [6.07, 6.45) is 2.82. The highest BCUT2D eigenvalue weighted by Gasteiger charge is 2.27. The van der Waals surface area contributed by atoms with Crippen LogP contribution in [0.5, 0.6) is 0 Å². The van der Waals surface area contributed by atoms with Crippen LogP contribution < -0.4 is 5.32 Å². The Bertz CT molecular complexity index is 539. The van der Waals surface area contributed by atoms with Gasteiger partial charge >= 0.3 is 0 Å². The molecule has 0 bridgehead atoms. The lowest BCUT2D eigenvalue weighted by atomic mass is 10.1. The zero-order chi connectivity index (χ0) is 17.5. The number of piperidine rings is 1. The largest absolute Gasteiger partial charge is 0.396 e. The van der Waals surface area contributed by atoms with Crippen molar-refractivity contribution in [3.05, 3.63) is 29.3 Å². The quantitative estimate of drug-likeness (QED) is 0.752. The molecule has 2 rings (SSSR count). The number of likely N-dealkylation sites (tertiary alicyclic amines) is 1. The van der Waals surface area contributed by atoms with E-state index < -0.39 is 0 Å². The van der Waals surface area contributed by atoms with E-state index in [0.29, 0.717) is 13.0 Å². The molecule has 0 saturated carbocycles. The highest BCUT2D eigenvalue weighted by atomic mass is 16.5. The standard InChI is InChI=1S/C19H30N2O3/c1-14-5-6-15(2)18(13-14)20-19(23)16(3)21-9-7-17(8-10-21)24-12-4-11-22/h5-6,13,16-17,22H,4,7-12H2,1-3H3,(H,20,23). The van der Waals surface area contributed by atoms with E-state index in [9.17, 15) is 4.79 Å². The number of hydrogen-bond donors (Lipinski definition) is 2. The SMILES string of the molecule is Cc1ccc(C)c(NC(=O)C(C)N2CCC(OCCCO)CC2)c1. The van der Waals surface area contributed by atoms with E-state index in [1.165, 1.54) is 0 Å². The van der Waals surface area contributed by atoms with Crippen LogP contribution in [0.3, 0.4) is 0 Å². The summed E-state index contributed by atoms with van der Waals surface area (Å²) < 4.78 is 5.75. The van der Waals surface area contributed by atoms with Gasteiger partial charge < -0.3 is 15.2 Å². The second kappa shape index (κ2) is 9.16. The number of aryl methyl sites for hydroxylation is 2. The number of anilines is 1. The van der Waals surface area contributed by atoms with Crippen molar-refractivity contribution < 1.29 is 14.6 Å². The molecule has 1 saturated heterocycles. The van der Waals surface area contributed by atoms with Crippen molar-refractivity contribution in [1.29, 1.82) is 0 Å². The van der Waals surface area contributed by atoms with E-state index in [-0.39, 0.29) is 24.7 Å². The van der Waals surface area contributed by atoms with Crippen molar-refractivity contribution in [2.24, 2.45) is 0 Å². The van der Waals surface area contributed by atoms with Crippen LogP contribution in [-0.2, 0) is 9.53 Å². The molecule has 0 spiro atoms. The van der Waals surface area contributed by atoms with Gasteiger partial charge in [-0.2, -0.15) is 0 Å². The average Bonchev–Trinajstić information content (AvgIpc) is 2.58. The molecule has 1 heterocycles. The van der Waals surface area contributed by atoms with E-state index >= 15 is 0 Å². The number of aliphatic hydroxyl groups is 1. The number of ether oxygens (including phenoxy) is 1. The predicted octanol–water partition coefficient (Wildman–Crippen LogP) is 2.49. The second-order valence-electron chi connectivity index (χ2n) is 6.67. The summed E-state index contributed by atoms with van der Waals surface area (Å²) in [5.74, 6) is 0.0448. The normalized spacial score (nSPS) is 17.7. The van der Waals surface area contributed by atoms with Crippen LogP contribution in [0.1, 0.15) is 37.3 Å². The van der Waals surface area contributed by atoms with E-state index in [1.54, 1.807) is 0 Å². The minimum atomic E-state index is -0.150. The van der Waals surface area contributed by atoms with Gasteiger partial charge in [-0.3, -0.25) is 9.69 Å². The van der Waals surface area contributed by atoms with Gasteiger partial charge in [0.2, 0.25) is 5.91 Å². The first-order valence-corrected chi connectivity index (χ1v) is 8.86. The molecule has 1 atom stereocenters. The van der Waals surface area contributed by atoms with Crippen molar-refractivity contribution >= 4 is 11.6 Å². The summed E-state index contributed by atoms with van der Waals surface area (Å²) >= 11 is 0. The number of nitrogens with zero attached hydrogens (tertiary/aromatic N) is 1. The van der Waals surface area contributed by atoms with Crippen molar-refractivity contribution in [2.45, 2.75) is 52.2 Å². The fourth-order valence-corrected chi connectivity index (χ4v) is 3.02. The zero-order valence-electron chi connectivity index (χ0n) is 15.0. The zero-order valence-corrected chi connectivity index (χ0v) is 15.0. The van der Waals surface area contributed by atoms with Crippen LogP contribution in [-0.4, -0.2) is 54.4 Å². The molecule has 2 N–H and O–H groups in total. The Balaban J connectivity index is 1.82. The first-order chi connectivity index (χ1) is 11.5. The van der Waals surface area contributed by atoms with Crippen LogP contribution in [0.2, 0.25) is 0 Å². The van der Waals surface area contributed by atoms with Gasteiger partial charge in [-0.1, -0.05) is 12.1 Å². The number of nitrogens with one attached hydrogen (secondary N) is 1. The van der Waals surface area contributed by atoms with Crippen molar-refractivity contribution in [3.8, 4) is 0 Å². The van der Waals surface area contributed by atoms with E-state index in [4.69, 9.17) is 9.84 Å². The summed E-state index contributed by atoms with van der Waals surface area (Å²) in [6.45, 7) is 8.52. The maximum atomic E-state index is 12.6. The number of rotatable bonds is 7. The topological polar surface area (TPSA) is 61.8 Å². The van der Waals surface area contributed by atoms with Crippen LogP contribution >= 0.6 is 0 Å². The molecule has 0 aliphatic carbocycles. The molecule has 134 valence electrons. The number of aliphatic hydroxyl groups excluding tert-OH is 1. The molecule has 1 amide bonds. The van der Waals surface area contributed by atoms with Gasteiger partial charge in [0.1, 0.15) is 0 Å². The molecular formula is C19H30N2O3. The third kappa shape index (κ3) is 5.30. The highest BCUT2D eigenvalue weighted by molar-refractivity contribution is 5.95. The Morgan fingerprint density at radius 3 is 2.75 bits per heavy atom. The van der Waals surface area contributed by atoms with Gasteiger partial charge in [-0.15, -0.1) is 0 Å². The maximum Gasteiger partial charge on any atom is 0.241 e. The number of carbonyl (C=O) groups is 1. The molecule has 1 aromatic rings. The molecule has 5 heteroatoms. The molecule has 1 fully saturated rings. The van der Waals surface area contributed by atoms with Gasteiger partial charge in [0.05, 0.1) is 12.1 Å². The molecule has 24 heavy (non-hydrogen) atoms. The van der Waals surface area contributed by atoms with Gasteiger partial charge in [-0.05, 0) is 57.2 Å². The van der Waals surface area contributed by atoms with Crippen molar-refractivity contribution in [3.63, 3.8) is 0 Å². The lowest BCUT2D eigenvalue weighted by Gasteiger charge is -2.35. The third-order valence-electron chi connectivity index (χ3n) is 4.71. The molecule has 1 unspecified atom stereocenters. The van der Waals surface area contributed by atoms with Crippen molar-refractivity contribution in [1.82, 2.24) is 4.90 Å². The number of benzene rings is 1. The average molecular weight is 334 g/mol. The lowest BCUT2D eigenvalue weighted by molar-refractivity contribution is -0.121. The number of carbonyl (C=O) groups excluding carboxylic acids is 1. The monoisotopic (exact) mass is 334 g/mol. The van der Waals surface area contributed by atoms with Gasteiger partial charge in [0.25, 0.3) is 0 Å². The maximum absolute atomic E-state index is 12.6. The predicted molar refractivity (Wildman–Crippen MR) is 96.3 cm³/mol. The Morgan fingerprint density at radius 2 is 2.08 bits per heavy atom. The molecule has 0 aromatic heterocycles. The Kier molecular flexibility index (Phi) is 7.21. The summed E-state index contributed by atoms with van der Waals surface area (Å²) in [5.41, 5.74) is 3.12. The van der Waals surface area contributed by atoms with Gasteiger partial charge in [0.15, 0.2) is 0 Å². The van der Waals surface area contributed by atoms with E-state index in [0.717, 1.165) is 42.7 Å². The van der Waals surface area contributed by atoms with Crippen LogP contribution in [0.25, 0.3) is 0 Å². The van der Waals surface area contributed by atoms with Gasteiger partial charge in [-0.25, -0.2) is 0 Å². The molecule has 0 radical (unpaired) electrons. The first-order valence-electron chi connectivity index (χ1n) is 8.86. The van der Waals surface area contributed by atoms with Crippen LogP contribution in [0.4, 0.5) is 5.69 Å². The highest BCUT2D eigenvalue weighted by Crippen LogP contribution is 2.19. The first kappa shape index (κ1) is 18.9. The molecular weight excluding hydrogens is 304 g/mol. The fourth-order valence-electron chi connectivity index (χ4n) is 3.02.